The molecule has 4 aliphatic rings. The molecule has 3 aromatic carbocycles. The third-order valence-electron chi connectivity index (χ3n) is 15.2. The standard InChI is InChI=1S/C56H77N9O7/c1-32(57-9)48(66)62-46(55(3,4)5)53(71)64-30-37-26-25-36(27-38(37)28-44(64)51(69)60-42-23-15-19-34-17-11-13-21-40(34)42)50(68)59-39-29-45(52(70)61-43-24-16-20-35-18-12-14-22-41(35)43)65(31-39)54(72)47(56(6,7)8)63-49(67)33(2)58-10/h11-14,17-18,21-22,25-27,32-33,39,42-47,57-58H,15-16,19-20,23-24,28-31H2,1-10H3,(H,59,68)(H,60,69)(H,61,70)(H,62,66)(H,63,67)/t32-,33-,39-,42+,43+,44-,45-,46+,47?/m0/s1. The van der Waals surface area contributed by atoms with Crippen LogP contribution in [0.2, 0.25) is 0 Å². The summed E-state index contributed by atoms with van der Waals surface area (Å²) in [6.45, 7) is 14.8. The molecule has 72 heavy (non-hydrogen) atoms. The molecule has 7 rings (SSSR count). The number of aryl methyl sites for hydroxylation is 2. The SMILES string of the molecule is CN[C@@H](C)C(=O)NC(C(=O)N1C[C@@H](NC(=O)c2ccc3c(c2)C[C@@H](C(=O)N[C@@H]2CCCc4ccccc42)N(C(=O)[C@@H](NC(=O)[C@H](C)NC)C(C)(C)C)C3)C[C@H]1C(=O)N[C@@H]1CCCc2ccccc21)C(C)(C)C. The molecule has 9 atom stereocenters. The maximum Gasteiger partial charge on any atom is 0.251 e. The molecule has 0 spiro atoms. The summed E-state index contributed by atoms with van der Waals surface area (Å²) in [5.74, 6) is -2.57. The molecule has 16 heteroatoms. The van der Waals surface area contributed by atoms with Crippen LogP contribution < -0.4 is 37.2 Å². The average molecular weight is 988 g/mol. The molecule has 7 N–H and O–H groups in total. The van der Waals surface area contributed by atoms with Gasteiger partial charge in [0.15, 0.2) is 0 Å². The van der Waals surface area contributed by atoms with Crippen LogP contribution in [0, 0.1) is 10.8 Å². The minimum atomic E-state index is -0.974. The van der Waals surface area contributed by atoms with E-state index in [0.29, 0.717) is 5.56 Å². The highest BCUT2D eigenvalue weighted by Crippen LogP contribution is 2.34. The topological polar surface area (TPSA) is 210 Å². The van der Waals surface area contributed by atoms with E-state index >= 15 is 0 Å². The third kappa shape index (κ3) is 12.0. The number of nitrogens with one attached hydrogen (secondary N) is 7. The smallest absolute Gasteiger partial charge is 0.251 e. The minimum Gasteiger partial charge on any atom is -0.347 e. The predicted octanol–water partition coefficient (Wildman–Crippen LogP) is 4.30. The molecule has 0 aromatic heterocycles. The number of hydrogen-bond acceptors (Lipinski definition) is 9. The number of likely N-dealkylation sites (N-methyl/N-ethyl adjacent to an activating group) is 2. The number of rotatable bonds is 14. The van der Waals surface area contributed by atoms with E-state index < -0.39 is 64.9 Å². The summed E-state index contributed by atoms with van der Waals surface area (Å²) < 4.78 is 0. The van der Waals surface area contributed by atoms with Gasteiger partial charge in [0.1, 0.15) is 24.2 Å². The predicted molar refractivity (Wildman–Crippen MR) is 276 cm³/mol. The fourth-order valence-corrected chi connectivity index (χ4v) is 10.7. The molecule has 1 unspecified atom stereocenters. The monoisotopic (exact) mass is 988 g/mol. The first-order valence-electron chi connectivity index (χ1n) is 25.8. The summed E-state index contributed by atoms with van der Waals surface area (Å²) in [5, 5.41) is 21.4. The molecule has 0 radical (unpaired) electrons. The van der Waals surface area contributed by atoms with Gasteiger partial charge in [-0.3, -0.25) is 33.6 Å². The lowest BCUT2D eigenvalue weighted by Gasteiger charge is -2.42. The van der Waals surface area contributed by atoms with Gasteiger partial charge in [-0.2, -0.15) is 0 Å². The van der Waals surface area contributed by atoms with Crippen LogP contribution in [0.25, 0.3) is 0 Å². The van der Waals surface area contributed by atoms with Crippen LogP contribution in [-0.2, 0) is 54.6 Å². The summed E-state index contributed by atoms with van der Waals surface area (Å²) in [7, 11) is 3.34. The van der Waals surface area contributed by atoms with Gasteiger partial charge in [-0.15, -0.1) is 0 Å². The van der Waals surface area contributed by atoms with Gasteiger partial charge in [-0.25, -0.2) is 0 Å². The number of nitrogens with zero attached hydrogens (tertiary/aromatic N) is 2. The highest BCUT2D eigenvalue weighted by atomic mass is 16.2. The molecule has 1 saturated heterocycles. The Bertz CT molecular complexity index is 2530. The van der Waals surface area contributed by atoms with Crippen LogP contribution in [-0.4, -0.2) is 114 Å². The summed E-state index contributed by atoms with van der Waals surface area (Å²) in [6, 6.07) is 15.3. The Labute approximate surface area is 425 Å². The van der Waals surface area contributed by atoms with Crippen LogP contribution in [0.4, 0.5) is 0 Å². The molecule has 7 amide bonds. The number of carbonyl (C=O) groups excluding carboxylic acids is 7. The van der Waals surface area contributed by atoms with Gasteiger partial charge in [-0.1, -0.05) is 96.1 Å². The van der Waals surface area contributed by atoms with Crippen molar-refractivity contribution in [3.63, 3.8) is 0 Å². The van der Waals surface area contributed by atoms with Gasteiger partial charge in [-0.05, 0) is 129 Å². The Kier molecular flexibility index (Phi) is 16.6. The Morgan fingerprint density at radius 3 is 1.57 bits per heavy atom. The highest BCUT2D eigenvalue weighted by molar-refractivity contribution is 5.97. The van der Waals surface area contributed by atoms with Crippen molar-refractivity contribution in [2.24, 2.45) is 10.8 Å². The van der Waals surface area contributed by atoms with E-state index in [4.69, 9.17) is 0 Å². The number of carbonyl (C=O) groups is 7. The van der Waals surface area contributed by atoms with Gasteiger partial charge < -0.3 is 47.0 Å². The normalized spacial score (nSPS) is 22.4. The Morgan fingerprint density at radius 1 is 0.583 bits per heavy atom. The summed E-state index contributed by atoms with van der Waals surface area (Å²) in [5.41, 5.74) is 4.84. The number of likely N-dealkylation sites (tertiary alicyclic amines) is 1. The number of amides is 7. The van der Waals surface area contributed by atoms with Crippen molar-refractivity contribution in [2.75, 3.05) is 20.6 Å². The zero-order chi connectivity index (χ0) is 52.2. The Morgan fingerprint density at radius 2 is 1.07 bits per heavy atom. The average Bonchev–Trinajstić information content (AvgIpc) is 3.78. The fraction of sp³-hybridized carbons (Fsp3) is 0.554. The van der Waals surface area contributed by atoms with Crippen molar-refractivity contribution >= 4 is 41.4 Å². The quantitative estimate of drug-likeness (QED) is 0.123. The lowest BCUT2D eigenvalue weighted by Crippen LogP contribution is -2.62. The van der Waals surface area contributed by atoms with E-state index in [9.17, 15) is 33.6 Å². The minimum absolute atomic E-state index is 0.0288. The van der Waals surface area contributed by atoms with Gasteiger partial charge in [0, 0.05) is 31.1 Å². The van der Waals surface area contributed by atoms with Crippen molar-refractivity contribution in [3.8, 4) is 0 Å². The first-order valence-corrected chi connectivity index (χ1v) is 25.8. The van der Waals surface area contributed by atoms with Gasteiger partial charge >= 0.3 is 0 Å². The molecule has 3 aromatic rings. The zero-order valence-corrected chi connectivity index (χ0v) is 43.9. The van der Waals surface area contributed by atoms with Crippen LogP contribution in [0.5, 0.6) is 0 Å². The molecule has 2 aliphatic heterocycles. The molecule has 0 bridgehead atoms. The first-order chi connectivity index (χ1) is 34.1. The second-order valence-corrected chi connectivity index (χ2v) is 22.5. The second-order valence-electron chi connectivity index (χ2n) is 22.5. The summed E-state index contributed by atoms with van der Waals surface area (Å²) in [4.78, 5) is 103. The largest absolute Gasteiger partial charge is 0.347 e. The van der Waals surface area contributed by atoms with Gasteiger partial charge in [0.05, 0.1) is 24.2 Å². The molecule has 2 heterocycles. The molecular formula is C56H77N9O7. The van der Waals surface area contributed by atoms with Gasteiger partial charge in [0.25, 0.3) is 5.91 Å². The Balaban J connectivity index is 1.16. The van der Waals surface area contributed by atoms with Crippen LogP contribution >= 0.6 is 0 Å². The molecule has 0 saturated carbocycles. The molecular weight excluding hydrogens is 911 g/mol. The van der Waals surface area contributed by atoms with E-state index in [-0.39, 0.29) is 67.6 Å². The maximum atomic E-state index is 14.9. The lowest BCUT2D eigenvalue weighted by molar-refractivity contribution is -0.147. The van der Waals surface area contributed by atoms with Crippen LogP contribution in [0.15, 0.2) is 66.7 Å². The third-order valence-corrected chi connectivity index (χ3v) is 15.2. The van der Waals surface area contributed by atoms with Crippen molar-refractivity contribution in [3.05, 3.63) is 106 Å². The Hall–Kier alpha value is -6.13. The van der Waals surface area contributed by atoms with E-state index in [1.807, 2.05) is 77.9 Å². The molecule has 1 fully saturated rings. The number of hydrogen-bond donors (Lipinski definition) is 7. The van der Waals surface area contributed by atoms with Crippen molar-refractivity contribution in [2.45, 2.75) is 168 Å². The zero-order valence-electron chi connectivity index (χ0n) is 43.9. The van der Waals surface area contributed by atoms with E-state index in [1.165, 1.54) is 16.0 Å². The summed E-state index contributed by atoms with van der Waals surface area (Å²) in [6.07, 6.45) is 5.38. The molecule has 16 nitrogen and oxygen atoms in total. The summed E-state index contributed by atoms with van der Waals surface area (Å²) >= 11 is 0. The van der Waals surface area contributed by atoms with E-state index in [0.717, 1.165) is 60.8 Å². The van der Waals surface area contributed by atoms with Crippen LogP contribution in [0.1, 0.15) is 143 Å². The number of fused-ring (bicyclic) bond motifs is 3. The van der Waals surface area contributed by atoms with E-state index in [2.05, 4.69) is 49.4 Å². The highest BCUT2D eigenvalue weighted by Gasteiger charge is 2.47. The van der Waals surface area contributed by atoms with E-state index in [1.54, 1.807) is 51.0 Å². The molecule has 388 valence electrons. The first kappa shape index (κ1) is 53.7. The number of benzene rings is 3. The second kappa shape index (κ2) is 22.3. The fourth-order valence-electron chi connectivity index (χ4n) is 10.7. The van der Waals surface area contributed by atoms with Crippen molar-refractivity contribution in [1.82, 2.24) is 47.0 Å². The molecule has 2 aliphatic carbocycles. The van der Waals surface area contributed by atoms with Crippen LogP contribution in [0.3, 0.4) is 0 Å². The maximum absolute atomic E-state index is 14.9. The van der Waals surface area contributed by atoms with Crippen molar-refractivity contribution in [1.29, 1.82) is 0 Å². The van der Waals surface area contributed by atoms with Crippen molar-refractivity contribution < 1.29 is 33.6 Å². The lowest BCUT2D eigenvalue weighted by atomic mass is 9.83. The van der Waals surface area contributed by atoms with Gasteiger partial charge in [0.2, 0.25) is 35.4 Å².